The van der Waals surface area contributed by atoms with Gasteiger partial charge in [0.15, 0.2) is 0 Å². The van der Waals surface area contributed by atoms with Gasteiger partial charge in [-0.1, -0.05) is 24.3 Å². The molecule has 1 aliphatic carbocycles. The summed E-state index contributed by atoms with van der Waals surface area (Å²) >= 11 is 0. The van der Waals surface area contributed by atoms with Gasteiger partial charge >= 0.3 is 0 Å². The van der Waals surface area contributed by atoms with Crippen LogP contribution < -0.4 is 5.48 Å². The van der Waals surface area contributed by atoms with E-state index in [1.165, 1.54) is 5.57 Å². The van der Waals surface area contributed by atoms with Gasteiger partial charge in [-0.2, -0.15) is 0 Å². The Kier molecular flexibility index (Phi) is 1.55. The normalized spacial score (nSPS) is 28.3. The van der Waals surface area contributed by atoms with Crippen LogP contribution in [0.3, 0.4) is 0 Å². The Bertz CT molecular complexity index is 250. The molecule has 1 aliphatic heterocycles. The molecular weight excluding hydrogens is 138 g/mol. The van der Waals surface area contributed by atoms with Gasteiger partial charge in [0.1, 0.15) is 5.76 Å². The van der Waals surface area contributed by atoms with Gasteiger partial charge in [0.2, 0.25) is 0 Å². The van der Waals surface area contributed by atoms with Crippen molar-refractivity contribution in [2.45, 2.75) is 19.4 Å². The minimum absolute atomic E-state index is 0.334. The second kappa shape index (κ2) is 2.55. The Hall–Kier alpha value is -1.02. The van der Waals surface area contributed by atoms with Crippen molar-refractivity contribution in [2.24, 2.45) is 0 Å². The lowest BCUT2D eigenvalue weighted by Crippen LogP contribution is -2.18. The van der Waals surface area contributed by atoms with Crippen LogP contribution in [0.2, 0.25) is 0 Å². The standard InChI is InChI=1S/C9H11NO/c1-7-8-5-3-2-4-6-9(8)11-10-7/h2-5,7,10H,6H2,1H3. The molecule has 0 aromatic rings. The molecule has 0 fully saturated rings. The van der Waals surface area contributed by atoms with Crippen LogP contribution in [-0.4, -0.2) is 6.04 Å². The van der Waals surface area contributed by atoms with Gasteiger partial charge in [-0.3, -0.25) is 0 Å². The molecule has 0 radical (unpaired) electrons. The van der Waals surface area contributed by atoms with Gasteiger partial charge in [-0.05, 0) is 6.92 Å². The molecule has 2 aliphatic rings. The lowest BCUT2D eigenvalue weighted by atomic mass is 10.1. The highest BCUT2D eigenvalue weighted by Gasteiger charge is 2.20. The van der Waals surface area contributed by atoms with Crippen LogP contribution in [0.1, 0.15) is 13.3 Å². The molecule has 1 heterocycles. The first-order valence-corrected chi connectivity index (χ1v) is 3.86. The van der Waals surface area contributed by atoms with Crippen molar-refractivity contribution in [3.63, 3.8) is 0 Å². The molecule has 0 spiro atoms. The summed E-state index contributed by atoms with van der Waals surface area (Å²) in [6.45, 7) is 2.10. The molecule has 0 aromatic carbocycles. The smallest absolute Gasteiger partial charge is 0.132 e. The molecule has 1 atom stereocenters. The maximum absolute atomic E-state index is 5.28. The Morgan fingerprint density at radius 1 is 1.55 bits per heavy atom. The van der Waals surface area contributed by atoms with E-state index in [0.29, 0.717) is 6.04 Å². The molecule has 1 unspecified atom stereocenters. The van der Waals surface area contributed by atoms with E-state index < -0.39 is 0 Å². The van der Waals surface area contributed by atoms with Crippen LogP contribution in [0, 0.1) is 0 Å². The highest BCUT2D eigenvalue weighted by molar-refractivity contribution is 5.34. The molecule has 0 saturated carbocycles. The fourth-order valence-electron chi connectivity index (χ4n) is 1.33. The van der Waals surface area contributed by atoms with E-state index >= 15 is 0 Å². The molecule has 58 valence electrons. The summed E-state index contributed by atoms with van der Waals surface area (Å²) in [5, 5.41) is 0. The molecule has 2 heteroatoms. The predicted octanol–water partition coefficient (Wildman–Crippen LogP) is 1.68. The molecule has 1 N–H and O–H groups in total. The average molecular weight is 149 g/mol. The van der Waals surface area contributed by atoms with Crippen molar-refractivity contribution in [1.29, 1.82) is 0 Å². The van der Waals surface area contributed by atoms with Crippen molar-refractivity contribution >= 4 is 0 Å². The zero-order valence-electron chi connectivity index (χ0n) is 6.50. The Labute approximate surface area is 66.2 Å². The Morgan fingerprint density at radius 3 is 3.36 bits per heavy atom. The topological polar surface area (TPSA) is 21.3 Å². The molecule has 0 amide bonds. The Balaban J connectivity index is 2.32. The average Bonchev–Trinajstić information content (AvgIpc) is 2.25. The van der Waals surface area contributed by atoms with E-state index in [1.807, 2.05) is 0 Å². The van der Waals surface area contributed by atoms with Crippen LogP contribution in [-0.2, 0) is 4.84 Å². The summed E-state index contributed by atoms with van der Waals surface area (Å²) in [7, 11) is 0. The highest BCUT2D eigenvalue weighted by Crippen LogP contribution is 2.23. The molecule has 11 heavy (non-hydrogen) atoms. The number of hydrogen-bond donors (Lipinski definition) is 1. The fourth-order valence-corrected chi connectivity index (χ4v) is 1.33. The summed E-state index contributed by atoms with van der Waals surface area (Å²) < 4.78 is 0. The van der Waals surface area contributed by atoms with E-state index in [4.69, 9.17) is 4.84 Å². The quantitative estimate of drug-likeness (QED) is 0.565. The first-order chi connectivity index (χ1) is 5.38. The third-order valence-corrected chi connectivity index (χ3v) is 1.97. The van der Waals surface area contributed by atoms with Crippen molar-refractivity contribution in [3.8, 4) is 0 Å². The number of nitrogens with one attached hydrogen (secondary N) is 1. The van der Waals surface area contributed by atoms with Gasteiger partial charge in [-0.15, -0.1) is 5.48 Å². The number of allylic oxidation sites excluding steroid dienone is 3. The third kappa shape index (κ3) is 1.10. The van der Waals surface area contributed by atoms with Crippen molar-refractivity contribution < 1.29 is 4.84 Å². The van der Waals surface area contributed by atoms with Gasteiger partial charge < -0.3 is 4.84 Å². The zero-order chi connectivity index (χ0) is 7.68. The van der Waals surface area contributed by atoms with Crippen molar-refractivity contribution in [2.75, 3.05) is 0 Å². The lowest BCUT2D eigenvalue weighted by molar-refractivity contribution is 0.117. The minimum Gasteiger partial charge on any atom is -0.412 e. The molecule has 2 rings (SSSR count). The number of hydroxylamine groups is 1. The summed E-state index contributed by atoms with van der Waals surface area (Å²) in [5.74, 6) is 1.06. The first kappa shape index (κ1) is 6.68. The largest absolute Gasteiger partial charge is 0.412 e. The molecule has 0 bridgehead atoms. The van der Waals surface area contributed by atoms with E-state index in [0.717, 1.165) is 12.2 Å². The monoisotopic (exact) mass is 149 g/mol. The third-order valence-electron chi connectivity index (χ3n) is 1.97. The summed E-state index contributed by atoms with van der Waals surface area (Å²) in [6.07, 6.45) is 9.20. The number of rotatable bonds is 0. The van der Waals surface area contributed by atoms with Crippen LogP contribution in [0.4, 0.5) is 0 Å². The van der Waals surface area contributed by atoms with Crippen LogP contribution in [0.5, 0.6) is 0 Å². The molecule has 2 nitrogen and oxygen atoms in total. The highest BCUT2D eigenvalue weighted by atomic mass is 16.7. The molecule has 0 saturated heterocycles. The Morgan fingerprint density at radius 2 is 2.45 bits per heavy atom. The van der Waals surface area contributed by atoms with Crippen LogP contribution in [0.15, 0.2) is 35.6 Å². The van der Waals surface area contributed by atoms with Gasteiger partial charge in [0.25, 0.3) is 0 Å². The maximum Gasteiger partial charge on any atom is 0.132 e. The second-order valence-electron chi connectivity index (χ2n) is 2.81. The second-order valence-corrected chi connectivity index (χ2v) is 2.81. The summed E-state index contributed by atoms with van der Waals surface area (Å²) in [4.78, 5) is 5.28. The van der Waals surface area contributed by atoms with E-state index in [-0.39, 0.29) is 0 Å². The lowest BCUT2D eigenvalue weighted by Gasteiger charge is -2.00. The van der Waals surface area contributed by atoms with Crippen molar-refractivity contribution in [3.05, 3.63) is 35.6 Å². The van der Waals surface area contributed by atoms with Crippen LogP contribution in [0.25, 0.3) is 0 Å². The van der Waals surface area contributed by atoms with Gasteiger partial charge in [-0.25, -0.2) is 0 Å². The fraction of sp³-hybridized carbons (Fsp3) is 0.333. The predicted molar refractivity (Wildman–Crippen MR) is 43.6 cm³/mol. The summed E-state index contributed by atoms with van der Waals surface area (Å²) in [5.41, 5.74) is 4.20. The van der Waals surface area contributed by atoms with E-state index in [2.05, 4.69) is 36.7 Å². The minimum atomic E-state index is 0.334. The zero-order valence-corrected chi connectivity index (χ0v) is 6.50. The van der Waals surface area contributed by atoms with E-state index in [9.17, 15) is 0 Å². The van der Waals surface area contributed by atoms with Crippen LogP contribution >= 0.6 is 0 Å². The van der Waals surface area contributed by atoms with E-state index in [1.54, 1.807) is 0 Å². The van der Waals surface area contributed by atoms with Gasteiger partial charge in [0.05, 0.1) is 6.04 Å². The van der Waals surface area contributed by atoms with Crippen molar-refractivity contribution in [1.82, 2.24) is 5.48 Å². The SMILES string of the molecule is CC1NOC2=C1C=CC=CC2. The molecule has 0 aromatic heterocycles. The first-order valence-electron chi connectivity index (χ1n) is 3.86. The molecular formula is C9H11NO. The summed E-state index contributed by atoms with van der Waals surface area (Å²) in [6, 6.07) is 0.334. The number of hydrogen-bond acceptors (Lipinski definition) is 2. The maximum atomic E-state index is 5.28. The van der Waals surface area contributed by atoms with Gasteiger partial charge in [0, 0.05) is 12.0 Å².